The zero-order chi connectivity index (χ0) is 20.7. The van der Waals surface area contributed by atoms with Gasteiger partial charge in [0.1, 0.15) is 11.6 Å². The molecule has 2 atom stereocenters. The topological polar surface area (TPSA) is 92.1 Å². The molecule has 0 fully saturated rings. The van der Waals surface area contributed by atoms with Crippen LogP contribution >= 0.6 is 0 Å². The lowest BCUT2D eigenvalue weighted by atomic mass is 10.1. The number of carbonyl (C=O) groups excluding carboxylic acids is 1. The molecule has 0 bridgehead atoms. The van der Waals surface area contributed by atoms with E-state index in [1.807, 2.05) is 0 Å². The lowest BCUT2D eigenvalue weighted by Crippen LogP contribution is -2.39. The van der Waals surface area contributed by atoms with E-state index in [1.54, 1.807) is 19.1 Å². The molecular formula is C21H32FN5O. The van der Waals surface area contributed by atoms with E-state index in [0.717, 1.165) is 19.4 Å². The van der Waals surface area contributed by atoms with Crippen LogP contribution in [0.1, 0.15) is 50.9 Å². The summed E-state index contributed by atoms with van der Waals surface area (Å²) in [5.41, 5.74) is 6.48. The molecule has 2 rings (SSSR count). The smallest absolute Gasteiger partial charge is 0.256 e. The summed E-state index contributed by atoms with van der Waals surface area (Å²) in [7, 11) is 0. The average Bonchev–Trinajstić information content (AvgIpc) is 2.63. The van der Waals surface area contributed by atoms with Crippen molar-refractivity contribution in [2.24, 2.45) is 11.7 Å². The molecule has 7 heteroatoms. The Morgan fingerprint density at radius 3 is 2.68 bits per heavy atom. The second-order valence-electron chi connectivity index (χ2n) is 7.58. The SMILES string of the molecule is CCC(CCNc1nc2cccc(F)c2cc1C(=O)NC(C)N)NCC(C)C. The van der Waals surface area contributed by atoms with E-state index < -0.39 is 12.0 Å². The number of carbonyl (C=O) groups is 1. The largest absolute Gasteiger partial charge is 0.369 e. The molecule has 6 nitrogen and oxygen atoms in total. The molecule has 28 heavy (non-hydrogen) atoms. The van der Waals surface area contributed by atoms with Crippen LogP contribution in [0.2, 0.25) is 0 Å². The van der Waals surface area contributed by atoms with Gasteiger partial charge in [-0.2, -0.15) is 0 Å². The normalized spacial score (nSPS) is 13.5. The minimum absolute atomic E-state index is 0.290. The van der Waals surface area contributed by atoms with E-state index in [1.165, 1.54) is 12.1 Å². The van der Waals surface area contributed by atoms with Gasteiger partial charge in [-0.3, -0.25) is 4.79 Å². The van der Waals surface area contributed by atoms with Crippen LogP contribution in [0, 0.1) is 11.7 Å². The second kappa shape index (κ2) is 10.3. The minimum Gasteiger partial charge on any atom is -0.369 e. The molecule has 2 unspecified atom stereocenters. The first kappa shape index (κ1) is 22.0. The van der Waals surface area contributed by atoms with E-state index in [-0.39, 0.29) is 11.5 Å². The summed E-state index contributed by atoms with van der Waals surface area (Å²) in [5.74, 6) is 0.248. The number of rotatable bonds is 10. The van der Waals surface area contributed by atoms with Gasteiger partial charge in [0.2, 0.25) is 0 Å². The summed E-state index contributed by atoms with van der Waals surface area (Å²) in [6, 6.07) is 6.62. The molecule has 0 saturated heterocycles. The van der Waals surface area contributed by atoms with Gasteiger partial charge in [0, 0.05) is 18.0 Å². The second-order valence-corrected chi connectivity index (χ2v) is 7.58. The molecule has 1 aromatic heterocycles. The molecule has 0 spiro atoms. The van der Waals surface area contributed by atoms with E-state index in [0.29, 0.717) is 35.2 Å². The highest BCUT2D eigenvalue weighted by Crippen LogP contribution is 2.23. The van der Waals surface area contributed by atoms with Crippen LogP contribution in [0.3, 0.4) is 0 Å². The Kier molecular flexibility index (Phi) is 8.14. The Morgan fingerprint density at radius 2 is 2.04 bits per heavy atom. The number of hydrogen-bond acceptors (Lipinski definition) is 5. The number of aromatic nitrogens is 1. The molecular weight excluding hydrogens is 357 g/mol. The number of anilines is 1. The van der Waals surface area contributed by atoms with Crippen molar-refractivity contribution in [1.82, 2.24) is 15.6 Å². The maximum Gasteiger partial charge on any atom is 0.256 e. The van der Waals surface area contributed by atoms with Crippen molar-refractivity contribution in [3.8, 4) is 0 Å². The molecule has 0 aliphatic rings. The molecule has 1 amide bonds. The first-order valence-electron chi connectivity index (χ1n) is 9.94. The number of halogens is 1. The number of benzene rings is 1. The lowest BCUT2D eigenvalue weighted by molar-refractivity contribution is 0.0942. The van der Waals surface area contributed by atoms with E-state index in [2.05, 4.69) is 41.7 Å². The zero-order valence-corrected chi connectivity index (χ0v) is 17.2. The van der Waals surface area contributed by atoms with Crippen LogP contribution < -0.4 is 21.7 Å². The van der Waals surface area contributed by atoms with Gasteiger partial charge in [0.15, 0.2) is 0 Å². The highest BCUT2D eigenvalue weighted by Gasteiger charge is 2.17. The number of fused-ring (bicyclic) bond motifs is 1. The Bertz CT molecular complexity index is 794. The van der Waals surface area contributed by atoms with E-state index in [9.17, 15) is 9.18 Å². The number of nitrogens with one attached hydrogen (secondary N) is 3. The van der Waals surface area contributed by atoms with Crippen LogP contribution in [0.5, 0.6) is 0 Å². The van der Waals surface area contributed by atoms with E-state index in [4.69, 9.17) is 5.73 Å². The monoisotopic (exact) mass is 389 g/mol. The first-order valence-corrected chi connectivity index (χ1v) is 9.94. The Hall–Kier alpha value is -2.25. The van der Waals surface area contributed by atoms with Crippen LogP contribution in [0.15, 0.2) is 24.3 Å². The summed E-state index contributed by atoms with van der Waals surface area (Å²) < 4.78 is 14.2. The lowest BCUT2D eigenvalue weighted by Gasteiger charge is -2.19. The van der Waals surface area contributed by atoms with Crippen molar-refractivity contribution >= 4 is 22.6 Å². The summed E-state index contributed by atoms with van der Waals surface area (Å²) in [4.78, 5) is 17.0. The van der Waals surface area contributed by atoms with Gasteiger partial charge in [-0.15, -0.1) is 0 Å². The third kappa shape index (κ3) is 6.14. The summed E-state index contributed by atoms with van der Waals surface area (Å²) in [5, 5.41) is 9.77. The van der Waals surface area contributed by atoms with E-state index >= 15 is 0 Å². The summed E-state index contributed by atoms with van der Waals surface area (Å²) in [6.45, 7) is 9.80. The standard InChI is InChI=1S/C21H32FN5O/c1-5-15(25-12-13(2)3)9-10-24-20-17(21(28)26-14(4)23)11-16-18(22)7-6-8-19(16)27-20/h6-8,11,13-15,25H,5,9-10,12,23H2,1-4H3,(H,24,27)(H,26,28). The maximum absolute atomic E-state index is 14.2. The van der Waals surface area contributed by atoms with Crippen LogP contribution in [-0.4, -0.2) is 36.2 Å². The minimum atomic E-state index is -0.513. The number of pyridine rings is 1. The Morgan fingerprint density at radius 1 is 1.29 bits per heavy atom. The highest BCUT2D eigenvalue weighted by molar-refractivity contribution is 6.02. The van der Waals surface area contributed by atoms with Crippen molar-refractivity contribution in [3.05, 3.63) is 35.6 Å². The molecule has 0 saturated carbocycles. The van der Waals surface area contributed by atoms with Crippen LogP contribution in [0.4, 0.5) is 10.2 Å². The molecule has 2 aromatic rings. The van der Waals surface area contributed by atoms with Gasteiger partial charge in [-0.25, -0.2) is 9.37 Å². The van der Waals surface area contributed by atoms with Crippen molar-refractivity contribution in [3.63, 3.8) is 0 Å². The zero-order valence-electron chi connectivity index (χ0n) is 17.2. The van der Waals surface area contributed by atoms with Crippen molar-refractivity contribution in [2.45, 2.75) is 52.7 Å². The fraction of sp³-hybridized carbons (Fsp3) is 0.524. The number of amides is 1. The third-order valence-corrected chi connectivity index (χ3v) is 4.50. The number of nitrogens with two attached hydrogens (primary N) is 1. The van der Waals surface area contributed by atoms with Crippen molar-refractivity contribution in [1.29, 1.82) is 0 Å². The average molecular weight is 390 g/mol. The molecule has 0 aliphatic heterocycles. The third-order valence-electron chi connectivity index (χ3n) is 4.50. The molecule has 0 radical (unpaired) electrons. The maximum atomic E-state index is 14.2. The molecule has 154 valence electrons. The number of hydrogen-bond donors (Lipinski definition) is 4. The van der Waals surface area contributed by atoms with Gasteiger partial charge in [-0.05, 0) is 50.4 Å². The molecule has 1 heterocycles. The van der Waals surface area contributed by atoms with Gasteiger partial charge in [0.25, 0.3) is 5.91 Å². The summed E-state index contributed by atoms with van der Waals surface area (Å²) in [6.07, 6.45) is 1.39. The Balaban J connectivity index is 2.20. The number of nitrogens with zero attached hydrogens (tertiary/aromatic N) is 1. The molecule has 1 aromatic carbocycles. The van der Waals surface area contributed by atoms with Crippen LogP contribution in [0.25, 0.3) is 10.9 Å². The van der Waals surface area contributed by atoms with Crippen LogP contribution in [-0.2, 0) is 0 Å². The van der Waals surface area contributed by atoms with Crippen molar-refractivity contribution < 1.29 is 9.18 Å². The molecule has 0 aliphatic carbocycles. The first-order chi connectivity index (χ1) is 13.3. The van der Waals surface area contributed by atoms with Gasteiger partial charge >= 0.3 is 0 Å². The predicted octanol–water partition coefficient (Wildman–Crippen LogP) is 3.23. The molecule has 5 N–H and O–H groups in total. The Labute approximate surface area is 166 Å². The highest BCUT2D eigenvalue weighted by atomic mass is 19.1. The summed E-state index contributed by atoms with van der Waals surface area (Å²) >= 11 is 0. The van der Waals surface area contributed by atoms with Gasteiger partial charge in [-0.1, -0.05) is 26.8 Å². The fourth-order valence-electron chi connectivity index (χ4n) is 2.97. The van der Waals surface area contributed by atoms with Gasteiger partial charge in [0.05, 0.1) is 17.2 Å². The van der Waals surface area contributed by atoms with Gasteiger partial charge < -0.3 is 21.7 Å². The quantitative estimate of drug-likeness (QED) is 0.468. The van der Waals surface area contributed by atoms with Crippen molar-refractivity contribution in [2.75, 3.05) is 18.4 Å². The predicted molar refractivity (Wildman–Crippen MR) is 113 cm³/mol. The fourth-order valence-corrected chi connectivity index (χ4v) is 2.97.